The van der Waals surface area contributed by atoms with Gasteiger partial charge < -0.3 is 0 Å². The molecule has 1 heterocycles. The smallest absolute Gasteiger partial charge is 0.230 e. The molecule has 0 fully saturated rings. The first-order valence-electron chi connectivity index (χ1n) is 12.7. The number of unbranched alkanes of at least 4 members (excludes halogenated alkanes) is 12. The number of fused-ring (bicyclic) bond motifs is 1. The summed E-state index contributed by atoms with van der Waals surface area (Å²) in [6, 6.07) is 4.82. The molecule has 1 aromatic heterocycles. The minimum Gasteiger partial charge on any atom is -0.230 e. The highest BCUT2D eigenvalue weighted by atomic mass is 15.1. The Labute approximate surface area is 180 Å². The van der Waals surface area contributed by atoms with Crippen molar-refractivity contribution >= 4 is 11.0 Å². The van der Waals surface area contributed by atoms with Crippen LogP contribution in [-0.2, 0) is 13.1 Å². The molecule has 2 heteroatoms. The summed E-state index contributed by atoms with van der Waals surface area (Å²) in [6.45, 7) is 11.4. The summed E-state index contributed by atoms with van der Waals surface area (Å²) in [5.74, 6) is 0. The van der Waals surface area contributed by atoms with Gasteiger partial charge in [-0.25, -0.2) is 9.13 Å². The van der Waals surface area contributed by atoms with Crippen molar-refractivity contribution in [2.45, 2.75) is 131 Å². The third kappa shape index (κ3) is 8.15. The van der Waals surface area contributed by atoms with E-state index in [0.29, 0.717) is 0 Å². The monoisotopic (exact) mass is 399 g/mol. The average molecular weight is 400 g/mol. The van der Waals surface area contributed by atoms with E-state index < -0.39 is 0 Å². The summed E-state index contributed by atoms with van der Waals surface area (Å²) in [7, 11) is 0. The van der Waals surface area contributed by atoms with Crippen LogP contribution in [0.1, 0.15) is 115 Å². The van der Waals surface area contributed by atoms with E-state index in [1.807, 2.05) is 0 Å². The lowest BCUT2D eigenvalue weighted by atomic mass is 10.1. The Balaban J connectivity index is 1.90. The molecule has 2 nitrogen and oxygen atoms in total. The molecule has 1 aromatic carbocycles. The van der Waals surface area contributed by atoms with Gasteiger partial charge >= 0.3 is 0 Å². The van der Waals surface area contributed by atoms with Crippen LogP contribution < -0.4 is 4.57 Å². The molecule has 0 radical (unpaired) electrons. The topological polar surface area (TPSA) is 8.81 Å². The predicted octanol–water partition coefficient (Wildman–Crippen LogP) is 8.05. The zero-order valence-electron chi connectivity index (χ0n) is 19.9. The molecule has 0 bridgehead atoms. The van der Waals surface area contributed by atoms with Crippen LogP contribution in [0.5, 0.6) is 0 Å². The van der Waals surface area contributed by atoms with Crippen LogP contribution in [0.15, 0.2) is 18.5 Å². The molecule has 164 valence electrons. The van der Waals surface area contributed by atoms with Gasteiger partial charge in [0.1, 0.15) is 0 Å². The fourth-order valence-electron chi connectivity index (χ4n) is 4.37. The first kappa shape index (κ1) is 24.0. The first-order chi connectivity index (χ1) is 14.2. The maximum absolute atomic E-state index is 2.52. The van der Waals surface area contributed by atoms with Crippen LogP contribution in [0, 0.1) is 13.8 Å². The minimum absolute atomic E-state index is 1.16. The molecule has 0 aliphatic carbocycles. The number of nitrogens with zero attached hydrogens (tertiary/aromatic N) is 2. The van der Waals surface area contributed by atoms with Crippen molar-refractivity contribution in [1.29, 1.82) is 0 Å². The standard InChI is InChI=1S/C27H47N2/c1-5-7-9-11-13-15-17-19-28-23-29(20-18-16-14-12-10-8-6-2)27-22-25(4)24(3)21-26(27)28/h21-23H,5-20H2,1-4H3/q+1. The van der Waals surface area contributed by atoms with Crippen LogP contribution in [0.2, 0.25) is 0 Å². The minimum atomic E-state index is 1.16. The summed E-state index contributed by atoms with van der Waals surface area (Å²) < 4.78 is 5.05. The van der Waals surface area contributed by atoms with Gasteiger partial charge in [-0.1, -0.05) is 78.1 Å². The van der Waals surface area contributed by atoms with Gasteiger partial charge in [-0.05, 0) is 62.8 Å². The van der Waals surface area contributed by atoms with E-state index >= 15 is 0 Å². The van der Waals surface area contributed by atoms with Gasteiger partial charge in [0.05, 0.1) is 13.1 Å². The molecule has 0 spiro atoms. The van der Waals surface area contributed by atoms with Crippen molar-refractivity contribution in [3.63, 3.8) is 0 Å². The lowest BCUT2D eigenvalue weighted by Crippen LogP contribution is -2.32. The molecule has 2 rings (SSSR count). The van der Waals surface area contributed by atoms with Gasteiger partial charge in [-0.2, -0.15) is 0 Å². The molecular formula is C27H47N2+. The van der Waals surface area contributed by atoms with Gasteiger partial charge in [-0.15, -0.1) is 0 Å². The van der Waals surface area contributed by atoms with Crippen molar-refractivity contribution in [1.82, 2.24) is 4.57 Å². The number of aromatic nitrogens is 2. The fourth-order valence-corrected chi connectivity index (χ4v) is 4.37. The van der Waals surface area contributed by atoms with Crippen molar-refractivity contribution in [2.75, 3.05) is 0 Å². The van der Waals surface area contributed by atoms with E-state index in [0.717, 1.165) is 13.1 Å². The SMILES string of the molecule is CCCCCCCCCn1c[n+](CCCCCCCCC)c2cc(C)c(C)cc21. The number of imidazole rings is 1. The second-order valence-electron chi connectivity index (χ2n) is 9.17. The fraction of sp³-hybridized carbons (Fsp3) is 0.741. The third-order valence-corrected chi connectivity index (χ3v) is 6.49. The molecular weight excluding hydrogens is 352 g/mol. The largest absolute Gasteiger partial charge is 0.244 e. The lowest BCUT2D eigenvalue weighted by Gasteiger charge is -2.02. The molecule has 0 unspecified atom stereocenters. The zero-order chi connectivity index (χ0) is 20.9. The van der Waals surface area contributed by atoms with Crippen LogP contribution in [0.3, 0.4) is 0 Å². The second kappa shape index (κ2) is 13.8. The van der Waals surface area contributed by atoms with E-state index in [-0.39, 0.29) is 0 Å². The Bertz CT molecular complexity index is 640. The highest BCUT2D eigenvalue weighted by molar-refractivity contribution is 5.74. The van der Waals surface area contributed by atoms with E-state index in [1.54, 1.807) is 0 Å². The van der Waals surface area contributed by atoms with Gasteiger partial charge in [-0.3, -0.25) is 0 Å². The Hall–Kier alpha value is -1.31. The Morgan fingerprint density at radius 3 is 1.79 bits per heavy atom. The highest BCUT2D eigenvalue weighted by Gasteiger charge is 2.16. The highest BCUT2D eigenvalue weighted by Crippen LogP contribution is 2.19. The quantitative estimate of drug-likeness (QED) is 0.199. The summed E-state index contributed by atoms with van der Waals surface area (Å²) in [4.78, 5) is 0. The first-order valence-corrected chi connectivity index (χ1v) is 12.7. The van der Waals surface area contributed by atoms with Crippen LogP contribution in [-0.4, -0.2) is 4.57 Å². The maximum Gasteiger partial charge on any atom is 0.244 e. The lowest BCUT2D eigenvalue weighted by molar-refractivity contribution is -0.672. The summed E-state index contributed by atoms with van der Waals surface area (Å²) in [6.07, 6.45) is 21.7. The Morgan fingerprint density at radius 1 is 0.655 bits per heavy atom. The van der Waals surface area contributed by atoms with Gasteiger partial charge in [0.2, 0.25) is 6.33 Å². The normalized spacial score (nSPS) is 11.6. The van der Waals surface area contributed by atoms with Gasteiger partial charge in [0.25, 0.3) is 0 Å². The molecule has 0 amide bonds. The van der Waals surface area contributed by atoms with Gasteiger partial charge in [0.15, 0.2) is 11.0 Å². The number of hydrogen-bond acceptors (Lipinski definition) is 0. The zero-order valence-corrected chi connectivity index (χ0v) is 19.9. The third-order valence-electron chi connectivity index (χ3n) is 6.49. The van der Waals surface area contributed by atoms with Crippen molar-refractivity contribution in [2.24, 2.45) is 0 Å². The van der Waals surface area contributed by atoms with Crippen molar-refractivity contribution in [3.05, 3.63) is 29.6 Å². The molecule has 0 N–H and O–H groups in total. The van der Waals surface area contributed by atoms with Crippen LogP contribution >= 0.6 is 0 Å². The Morgan fingerprint density at radius 2 is 1.17 bits per heavy atom. The molecule has 0 saturated carbocycles. The van der Waals surface area contributed by atoms with E-state index in [1.165, 1.54) is 112 Å². The van der Waals surface area contributed by atoms with Gasteiger partial charge in [0, 0.05) is 0 Å². The number of rotatable bonds is 16. The number of hydrogen-bond donors (Lipinski definition) is 0. The summed E-state index contributed by atoms with van der Waals surface area (Å²) in [5.41, 5.74) is 5.70. The van der Waals surface area contributed by atoms with E-state index in [9.17, 15) is 0 Å². The van der Waals surface area contributed by atoms with Crippen molar-refractivity contribution < 1.29 is 4.57 Å². The Kier molecular flexibility index (Phi) is 11.4. The molecule has 0 saturated heterocycles. The summed E-state index contributed by atoms with van der Waals surface area (Å²) >= 11 is 0. The van der Waals surface area contributed by atoms with E-state index in [2.05, 4.69) is 55.3 Å². The predicted molar refractivity (Wildman–Crippen MR) is 128 cm³/mol. The molecule has 29 heavy (non-hydrogen) atoms. The van der Waals surface area contributed by atoms with Crippen LogP contribution in [0.25, 0.3) is 11.0 Å². The molecule has 0 atom stereocenters. The summed E-state index contributed by atoms with van der Waals surface area (Å²) in [5, 5.41) is 0. The maximum atomic E-state index is 2.52. The van der Waals surface area contributed by atoms with E-state index in [4.69, 9.17) is 0 Å². The second-order valence-corrected chi connectivity index (χ2v) is 9.17. The molecule has 0 aliphatic heterocycles. The number of benzene rings is 1. The van der Waals surface area contributed by atoms with Crippen molar-refractivity contribution in [3.8, 4) is 0 Å². The number of aryl methyl sites for hydroxylation is 4. The van der Waals surface area contributed by atoms with Crippen LogP contribution in [0.4, 0.5) is 0 Å². The molecule has 2 aromatic rings. The average Bonchev–Trinajstić information content (AvgIpc) is 3.03. The molecule has 0 aliphatic rings.